The van der Waals surface area contributed by atoms with Crippen molar-refractivity contribution < 1.29 is 38.4 Å². The third-order valence-electron chi connectivity index (χ3n) is 10.1. The van der Waals surface area contributed by atoms with Crippen molar-refractivity contribution >= 4 is 41.3 Å². The summed E-state index contributed by atoms with van der Waals surface area (Å²) in [6.45, 7) is 18.2. The number of carboxylic acids is 1. The molecule has 298 valence electrons. The molecule has 0 bridgehead atoms. The van der Waals surface area contributed by atoms with Gasteiger partial charge in [-0.1, -0.05) is 83.7 Å². The minimum atomic E-state index is -1.36. The summed E-state index contributed by atoms with van der Waals surface area (Å²) in [4.78, 5) is 61.5. The van der Waals surface area contributed by atoms with Gasteiger partial charge in [0.15, 0.2) is 0 Å². The molecule has 2 fully saturated rings. The number of aliphatic carboxylic acids is 1. The summed E-state index contributed by atoms with van der Waals surface area (Å²) in [5.74, 6) is -2.58. The molecular formula is C40H59N5O8S. The smallest absolute Gasteiger partial charge is 0.408 e. The summed E-state index contributed by atoms with van der Waals surface area (Å²) in [6.07, 6.45) is 10.1. The molecule has 0 aliphatic carbocycles. The number of nitro benzene ring substituents is 1. The van der Waals surface area contributed by atoms with Crippen molar-refractivity contribution in [3.05, 3.63) is 75.8 Å². The lowest BCUT2D eigenvalue weighted by Gasteiger charge is -2.45. The van der Waals surface area contributed by atoms with Crippen LogP contribution in [0.1, 0.15) is 110 Å². The molecule has 2 saturated heterocycles. The highest BCUT2D eigenvalue weighted by atomic mass is 32.2. The first-order valence-corrected chi connectivity index (χ1v) is 20.2. The number of hydrogen-bond acceptors (Lipinski definition) is 9. The maximum absolute atomic E-state index is 13.2. The number of carboxylic acid groups (broad SMARTS) is 1. The van der Waals surface area contributed by atoms with Crippen LogP contribution in [-0.2, 0) is 25.7 Å². The number of nitro groups is 1. The topological polar surface area (TPSA) is 171 Å². The lowest BCUT2D eigenvalue weighted by molar-refractivity contribution is -0.929. The van der Waals surface area contributed by atoms with Crippen LogP contribution < -0.4 is 15.7 Å². The zero-order chi connectivity index (χ0) is 39.9. The SMILES string of the molecule is CC1(C)S[C@@H]2[C@H](NC(=O)C(NC(=O)OCc3ccc([N+](=O)[O-])cc3)c3ccccc3)C(=O)N2[C@H]1C(=O)[O-].CCCC[N+](CCCC)(CCCC)CCCC. The third-order valence-corrected chi connectivity index (χ3v) is 11.7. The minimum Gasteiger partial charge on any atom is -0.548 e. The first-order valence-electron chi connectivity index (χ1n) is 19.3. The number of unbranched alkanes of at least 4 members (excludes halogenated alkanes) is 4. The Bertz CT molecular complexity index is 1500. The number of amides is 3. The van der Waals surface area contributed by atoms with Crippen LogP contribution in [-0.4, -0.2) is 86.6 Å². The van der Waals surface area contributed by atoms with E-state index in [1.807, 2.05) is 0 Å². The van der Waals surface area contributed by atoms with E-state index in [1.54, 1.807) is 44.2 Å². The average molecular weight is 770 g/mol. The first kappa shape index (κ1) is 44.2. The molecule has 2 N–H and O–H groups in total. The number of nitrogens with zero attached hydrogens (tertiary/aromatic N) is 3. The fraction of sp³-hybridized carbons (Fsp3) is 0.600. The summed E-state index contributed by atoms with van der Waals surface area (Å²) in [5, 5.41) is 26.9. The second-order valence-electron chi connectivity index (χ2n) is 14.7. The molecule has 4 atom stereocenters. The van der Waals surface area contributed by atoms with Crippen LogP contribution in [0.25, 0.3) is 0 Å². The normalized spacial score (nSPS) is 19.0. The van der Waals surface area contributed by atoms with Crippen molar-refractivity contribution in [1.29, 1.82) is 0 Å². The number of carbonyl (C=O) groups is 4. The molecule has 0 saturated carbocycles. The van der Waals surface area contributed by atoms with Crippen LogP contribution in [0.3, 0.4) is 0 Å². The van der Waals surface area contributed by atoms with E-state index in [0.29, 0.717) is 11.1 Å². The molecular weight excluding hydrogens is 711 g/mol. The summed E-state index contributed by atoms with van der Waals surface area (Å²) in [5.41, 5.74) is 0.834. The molecule has 2 aromatic carbocycles. The number of quaternary nitrogens is 1. The van der Waals surface area contributed by atoms with Gasteiger partial charge in [0.05, 0.1) is 43.1 Å². The van der Waals surface area contributed by atoms with Crippen LogP contribution in [0.5, 0.6) is 0 Å². The predicted molar refractivity (Wildman–Crippen MR) is 208 cm³/mol. The number of non-ortho nitro benzene ring substituents is 1. The Morgan fingerprint density at radius 1 is 0.889 bits per heavy atom. The number of benzene rings is 2. The second-order valence-corrected chi connectivity index (χ2v) is 16.5. The van der Waals surface area contributed by atoms with Crippen molar-refractivity contribution in [3.8, 4) is 0 Å². The maximum Gasteiger partial charge on any atom is 0.408 e. The number of ether oxygens (including phenoxy) is 1. The molecule has 13 nitrogen and oxygen atoms in total. The van der Waals surface area contributed by atoms with Gasteiger partial charge in [-0.15, -0.1) is 11.8 Å². The highest BCUT2D eigenvalue weighted by Gasteiger charge is 2.62. The zero-order valence-electron chi connectivity index (χ0n) is 32.7. The fourth-order valence-corrected chi connectivity index (χ4v) is 8.60. The molecule has 2 aromatic rings. The molecule has 14 heteroatoms. The lowest BCUT2D eigenvalue weighted by Crippen LogP contribution is -2.72. The molecule has 0 aromatic heterocycles. The van der Waals surface area contributed by atoms with E-state index in [1.165, 1.54) is 123 Å². The van der Waals surface area contributed by atoms with Gasteiger partial charge in [-0.05, 0) is 62.8 Å². The van der Waals surface area contributed by atoms with Gasteiger partial charge in [0, 0.05) is 16.9 Å². The summed E-state index contributed by atoms with van der Waals surface area (Å²) < 4.78 is 5.79. The molecule has 1 unspecified atom stereocenters. The monoisotopic (exact) mass is 769 g/mol. The highest BCUT2D eigenvalue weighted by molar-refractivity contribution is 8.01. The van der Waals surface area contributed by atoms with Crippen LogP contribution in [0, 0.1) is 10.1 Å². The predicted octanol–water partition coefficient (Wildman–Crippen LogP) is 5.86. The summed E-state index contributed by atoms with van der Waals surface area (Å²) in [7, 11) is 0. The van der Waals surface area contributed by atoms with E-state index in [4.69, 9.17) is 4.74 Å². The van der Waals surface area contributed by atoms with Gasteiger partial charge < -0.3 is 34.7 Å². The molecule has 2 aliphatic rings. The number of nitrogens with one attached hydrogen (secondary N) is 2. The maximum atomic E-state index is 13.2. The van der Waals surface area contributed by atoms with Crippen molar-refractivity contribution in [2.45, 2.75) is 128 Å². The molecule has 0 spiro atoms. The molecule has 2 heterocycles. The molecule has 4 rings (SSSR count). The number of alkyl carbamates (subject to hydrolysis) is 1. The summed E-state index contributed by atoms with van der Waals surface area (Å²) >= 11 is 1.25. The Morgan fingerprint density at radius 3 is 1.87 bits per heavy atom. The molecule has 54 heavy (non-hydrogen) atoms. The van der Waals surface area contributed by atoms with Crippen LogP contribution in [0.2, 0.25) is 0 Å². The third kappa shape index (κ3) is 11.9. The minimum absolute atomic E-state index is 0.104. The van der Waals surface area contributed by atoms with E-state index in [0.717, 1.165) is 0 Å². The van der Waals surface area contributed by atoms with Gasteiger partial charge in [0.25, 0.3) is 5.69 Å². The fourth-order valence-electron chi connectivity index (χ4n) is 6.98. The number of thioether (sulfide) groups is 1. The number of rotatable bonds is 20. The van der Waals surface area contributed by atoms with E-state index >= 15 is 0 Å². The number of β-lactam (4-membered cyclic amide) rings is 1. The van der Waals surface area contributed by atoms with E-state index in [2.05, 4.69) is 38.3 Å². The van der Waals surface area contributed by atoms with E-state index in [9.17, 15) is 34.4 Å². The Hall–Kier alpha value is -4.17. The van der Waals surface area contributed by atoms with Crippen molar-refractivity contribution in [2.24, 2.45) is 0 Å². The zero-order valence-corrected chi connectivity index (χ0v) is 33.5. The van der Waals surface area contributed by atoms with Gasteiger partial charge in [-0.2, -0.15) is 0 Å². The van der Waals surface area contributed by atoms with Crippen molar-refractivity contribution in [1.82, 2.24) is 15.5 Å². The number of carbonyl (C=O) groups excluding carboxylic acids is 4. The van der Waals surface area contributed by atoms with Gasteiger partial charge >= 0.3 is 6.09 Å². The van der Waals surface area contributed by atoms with Gasteiger partial charge in [0.1, 0.15) is 24.1 Å². The van der Waals surface area contributed by atoms with Crippen LogP contribution in [0.15, 0.2) is 54.6 Å². The van der Waals surface area contributed by atoms with Crippen LogP contribution in [0.4, 0.5) is 10.5 Å². The molecule has 3 amide bonds. The number of hydrogen-bond donors (Lipinski definition) is 2. The summed E-state index contributed by atoms with van der Waals surface area (Å²) in [6, 6.07) is 10.5. The van der Waals surface area contributed by atoms with Crippen molar-refractivity contribution in [3.63, 3.8) is 0 Å². The second kappa shape index (κ2) is 21.1. The largest absolute Gasteiger partial charge is 0.548 e. The van der Waals surface area contributed by atoms with Gasteiger partial charge in [0.2, 0.25) is 11.8 Å². The highest BCUT2D eigenvalue weighted by Crippen LogP contribution is 2.50. The Morgan fingerprint density at radius 2 is 1.41 bits per heavy atom. The van der Waals surface area contributed by atoms with Crippen LogP contribution >= 0.6 is 11.8 Å². The Balaban J connectivity index is 0.000000390. The quantitative estimate of drug-likeness (QED) is 0.0725. The Labute approximate surface area is 324 Å². The van der Waals surface area contributed by atoms with E-state index < -0.39 is 57.0 Å². The van der Waals surface area contributed by atoms with Gasteiger partial charge in [-0.25, -0.2) is 4.79 Å². The first-order chi connectivity index (χ1) is 25.7. The van der Waals surface area contributed by atoms with Crippen molar-refractivity contribution in [2.75, 3.05) is 26.2 Å². The standard InChI is InChI=1S/C24H24N4O8S.C16H36N/c1-24(2)18(22(31)32)27-20(30)17(21(27)37-24)25-19(29)16(14-6-4-3-5-7-14)26-23(33)36-12-13-8-10-15(11-9-13)28(34)35;1-5-9-13-17(14-10-6-2,15-11-7-3)16-12-8-4/h3-11,16-18,21H,12H2,1-2H3,(H,25,29)(H,26,33)(H,31,32);5-16H2,1-4H3/q;+1/p-1/t16?,17-,18+,21-;/m1./s1. The molecule has 2 aliphatic heterocycles. The lowest BCUT2D eigenvalue weighted by atomic mass is 9.95. The average Bonchev–Trinajstić information content (AvgIpc) is 3.42. The number of fused-ring (bicyclic) bond motifs is 1. The Kier molecular flexibility index (Phi) is 17.2. The van der Waals surface area contributed by atoms with Gasteiger partial charge in [-0.3, -0.25) is 19.7 Å². The molecule has 0 radical (unpaired) electrons. The van der Waals surface area contributed by atoms with E-state index in [-0.39, 0.29) is 12.3 Å².